The molecule has 1 unspecified atom stereocenters. The van der Waals surface area contributed by atoms with Crippen LogP contribution in [0.3, 0.4) is 0 Å². The van der Waals surface area contributed by atoms with E-state index in [0.717, 1.165) is 0 Å². The summed E-state index contributed by atoms with van der Waals surface area (Å²) in [6.07, 6.45) is 0. The van der Waals surface area contributed by atoms with E-state index in [1.807, 2.05) is 0 Å². The van der Waals surface area contributed by atoms with Gasteiger partial charge in [0.1, 0.15) is 6.61 Å². The van der Waals surface area contributed by atoms with Crippen LogP contribution in [-0.4, -0.2) is 23.3 Å². The van der Waals surface area contributed by atoms with E-state index in [9.17, 15) is 4.79 Å². The molecule has 86 valence electrons. The first kappa shape index (κ1) is 11.7. The molecular formula is C11H10BrClO3. The van der Waals surface area contributed by atoms with E-state index < -0.39 is 5.60 Å². The zero-order valence-corrected chi connectivity index (χ0v) is 11.0. The molecule has 1 aromatic carbocycles. The number of rotatable bonds is 2. The standard InChI is InChI=1S/C11H10BrClO3/c1-11(10(14)5-12)6-15-8-3-2-7(13)4-9(8)16-11/h2-4H,5-6H2,1H3. The zero-order chi connectivity index (χ0) is 11.8. The molecule has 0 saturated carbocycles. The maximum Gasteiger partial charge on any atom is 0.198 e. The summed E-state index contributed by atoms with van der Waals surface area (Å²) in [5.41, 5.74) is -0.943. The molecule has 1 aromatic rings. The summed E-state index contributed by atoms with van der Waals surface area (Å²) >= 11 is 8.98. The number of carbonyl (C=O) groups excluding carboxylic acids is 1. The largest absolute Gasteiger partial charge is 0.485 e. The molecule has 0 radical (unpaired) electrons. The van der Waals surface area contributed by atoms with Crippen LogP contribution in [0.1, 0.15) is 6.92 Å². The number of carbonyl (C=O) groups is 1. The Labute approximate surface area is 107 Å². The second-order valence-electron chi connectivity index (χ2n) is 3.77. The molecule has 0 fully saturated rings. The average Bonchev–Trinajstić information content (AvgIpc) is 2.27. The van der Waals surface area contributed by atoms with Crippen molar-refractivity contribution in [1.29, 1.82) is 0 Å². The summed E-state index contributed by atoms with van der Waals surface area (Å²) < 4.78 is 11.2. The topological polar surface area (TPSA) is 35.5 Å². The van der Waals surface area contributed by atoms with Gasteiger partial charge < -0.3 is 9.47 Å². The van der Waals surface area contributed by atoms with E-state index in [2.05, 4.69) is 15.9 Å². The number of alkyl halides is 1. The van der Waals surface area contributed by atoms with Crippen molar-refractivity contribution in [3.8, 4) is 11.5 Å². The Morgan fingerprint density at radius 2 is 2.31 bits per heavy atom. The van der Waals surface area contributed by atoms with Crippen LogP contribution in [0, 0.1) is 0 Å². The average molecular weight is 306 g/mol. The fourth-order valence-electron chi connectivity index (χ4n) is 1.45. The summed E-state index contributed by atoms with van der Waals surface area (Å²) in [7, 11) is 0. The van der Waals surface area contributed by atoms with Crippen LogP contribution < -0.4 is 9.47 Å². The third-order valence-electron chi connectivity index (χ3n) is 2.46. The minimum atomic E-state index is -0.943. The number of fused-ring (bicyclic) bond motifs is 1. The first-order valence-electron chi connectivity index (χ1n) is 4.76. The third kappa shape index (κ3) is 2.04. The van der Waals surface area contributed by atoms with E-state index in [1.54, 1.807) is 25.1 Å². The van der Waals surface area contributed by atoms with Crippen LogP contribution in [0.2, 0.25) is 5.02 Å². The Hall–Kier alpha value is -0.740. The molecule has 16 heavy (non-hydrogen) atoms. The minimum Gasteiger partial charge on any atom is -0.485 e. The van der Waals surface area contributed by atoms with Crippen LogP contribution in [-0.2, 0) is 4.79 Å². The molecule has 1 atom stereocenters. The highest BCUT2D eigenvalue weighted by Gasteiger charge is 2.39. The number of hydrogen-bond acceptors (Lipinski definition) is 3. The van der Waals surface area contributed by atoms with Crippen molar-refractivity contribution in [2.45, 2.75) is 12.5 Å². The lowest BCUT2D eigenvalue weighted by atomic mass is 10.0. The van der Waals surface area contributed by atoms with Crippen LogP contribution in [0.5, 0.6) is 11.5 Å². The number of hydrogen-bond donors (Lipinski definition) is 0. The predicted octanol–water partition coefficient (Wildman–Crippen LogP) is 2.83. The summed E-state index contributed by atoms with van der Waals surface area (Å²) in [5.74, 6) is 1.07. The fourth-order valence-corrected chi connectivity index (χ4v) is 2.20. The highest BCUT2D eigenvalue weighted by atomic mass is 79.9. The van der Waals surface area contributed by atoms with Gasteiger partial charge in [0.05, 0.1) is 5.33 Å². The predicted molar refractivity (Wildman–Crippen MR) is 64.8 cm³/mol. The van der Waals surface area contributed by atoms with Gasteiger partial charge in [0.15, 0.2) is 22.9 Å². The van der Waals surface area contributed by atoms with E-state index in [0.29, 0.717) is 16.5 Å². The van der Waals surface area contributed by atoms with Gasteiger partial charge in [-0.2, -0.15) is 0 Å². The van der Waals surface area contributed by atoms with Crippen molar-refractivity contribution < 1.29 is 14.3 Å². The van der Waals surface area contributed by atoms with Crippen LogP contribution in [0.25, 0.3) is 0 Å². The van der Waals surface area contributed by atoms with Crippen molar-refractivity contribution in [1.82, 2.24) is 0 Å². The van der Waals surface area contributed by atoms with Gasteiger partial charge in [-0.1, -0.05) is 27.5 Å². The quantitative estimate of drug-likeness (QED) is 0.788. The molecule has 0 spiro atoms. The van der Waals surface area contributed by atoms with Gasteiger partial charge in [0.2, 0.25) is 0 Å². The van der Waals surface area contributed by atoms with Gasteiger partial charge in [-0.25, -0.2) is 0 Å². The molecule has 0 amide bonds. The first-order chi connectivity index (χ1) is 7.55. The Balaban J connectivity index is 2.32. The monoisotopic (exact) mass is 304 g/mol. The lowest BCUT2D eigenvalue weighted by Gasteiger charge is -2.33. The molecule has 1 heterocycles. The molecule has 1 aliphatic rings. The number of ether oxygens (including phenoxy) is 2. The van der Waals surface area contributed by atoms with Gasteiger partial charge in [-0.05, 0) is 19.1 Å². The molecule has 1 aliphatic heterocycles. The van der Waals surface area contributed by atoms with E-state index >= 15 is 0 Å². The van der Waals surface area contributed by atoms with Gasteiger partial charge in [0.25, 0.3) is 0 Å². The smallest absolute Gasteiger partial charge is 0.198 e. The maximum atomic E-state index is 11.7. The van der Waals surface area contributed by atoms with Crippen LogP contribution in [0.4, 0.5) is 0 Å². The van der Waals surface area contributed by atoms with E-state index in [1.165, 1.54) is 0 Å². The molecule has 0 saturated heterocycles. The number of ketones is 1. The SMILES string of the molecule is CC1(C(=O)CBr)COc2ccc(Cl)cc2O1. The number of Topliss-reactive ketones (excluding diaryl/α,β-unsaturated/α-hetero) is 1. The highest BCUT2D eigenvalue weighted by Crippen LogP contribution is 2.37. The van der Waals surface area contributed by atoms with Crippen molar-refractivity contribution >= 4 is 33.3 Å². The van der Waals surface area contributed by atoms with Crippen molar-refractivity contribution in [2.24, 2.45) is 0 Å². The molecule has 3 nitrogen and oxygen atoms in total. The normalized spacial score (nSPS) is 22.9. The zero-order valence-electron chi connectivity index (χ0n) is 8.63. The lowest BCUT2D eigenvalue weighted by Crippen LogP contribution is -2.49. The van der Waals surface area contributed by atoms with Crippen molar-refractivity contribution in [3.63, 3.8) is 0 Å². The Kier molecular flexibility index (Phi) is 3.13. The Bertz CT molecular complexity index is 435. The van der Waals surface area contributed by atoms with Gasteiger partial charge >= 0.3 is 0 Å². The molecule has 0 aromatic heterocycles. The third-order valence-corrected chi connectivity index (χ3v) is 3.20. The lowest BCUT2D eigenvalue weighted by molar-refractivity contribution is -0.134. The van der Waals surface area contributed by atoms with Crippen LogP contribution in [0.15, 0.2) is 18.2 Å². The molecular weight excluding hydrogens is 295 g/mol. The molecule has 5 heteroatoms. The first-order valence-corrected chi connectivity index (χ1v) is 6.26. The fraction of sp³-hybridized carbons (Fsp3) is 0.364. The highest BCUT2D eigenvalue weighted by molar-refractivity contribution is 9.09. The molecule has 0 aliphatic carbocycles. The molecule has 0 bridgehead atoms. The summed E-state index contributed by atoms with van der Waals surface area (Å²) in [6, 6.07) is 5.10. The van der Waals surface area contributed by atoms with Crippen LogP contribution >= 0.6 is 27.5 Å². The second-order valence-corrected chi connectivity index (χ2v) is 4.77. The molecule has 2 rings (SSSR count). The molecule has 0 N–H and O–H groups in total. The van der Waals surface area contributed by atoms with Gasteiger partial charge in [0, 0.05) is 11.1 Å². The number of halogens is 2. The van der Waals surface area contributed by atoms with E-state index in [-0.39, 0.29) is 17.7 Å². The summed E-state index contributed by atoms with van der Waals surface area (Å²) in [4.78, 5) is 11.7. The van der Waals surface area contributed by atoms with Gasteiger partial charge in [-0.15, -0.1) is 0 Å². The number of benzene rings is 1. The van der Waals surface area contributed by atoms with Crippen molar-refractivity contribution in [2.75, 3.05) is 11.9 Å². The summed E-state index contributed by atoms with van der Waals surface area (Å²) in [6.45, 7) is 1.92. The van der Waals surface area contributed by atoms with E-state index in [4.69, 9.17) is 21.1 Å². The Morgan fingerprint density at radius 1 is 1.56 bits per heavy atom. The van der Waals surface area contributed by atoms with Gasteiger partial charge in [-0.3, -0.25) is 4.79 Å². The minimum absolute atomic E-state index is 0.0573. The second kappa shape index (κ2) is 4.26. The Morgan fingerprint density at radius 3 is 3.00 bits per heavy atom. The van der Waals surface area contributed by atoms with Crippen molar-refractivity contribution in [3.05, 3.63) is 23.2 Å². The summed E-state index contributed by atoms with van der Waals surface area (Å²) in [5, 5.41) is 0.792. The maximum absolute atomic E-state index is 11.7.